The van der Waals surface area contributed by atoms with Crippen molar-refractivity contribution in [3.05, 3.63) is 29.8 Å². The molecule has 0 aliphatic carbocycles. The molecule has 1 aromatic carbocycles. The standard InChI is InChI=1S/C16H27NO/c1-3-5-6-7-8-12-17-14-15-10-9-11-16(13-15)18-4-2/h9-11,13,17H,3-8,12,14H2,1-2H3. The maximum atomic E-state index is 5.49. The minimum atomic E-state index is 0.730. The molecule has 0 heterocycles. The van der Waals surface area contributed by atoms with Gasteiger partial charge in [0.15, 0.2) is 0 Å². The van der Waals surface area contributed by atoms with Crippen molar-refractivity contribution in [2.24, 2.45) is 0 Å². The normalized spacial score (nSPS) is 10.6. The van der Waals surface area contributed by atoms with E-state index in [9.17, 15) is 0 Å². The number of ether oxygens (including phenoxy) is 1. The Morgan fingerprint density at radius 1 is 1.06 bits per heavy atom. The van der Waals surface area contributed by atoms with Gasteiger partial charge in [-0.3, -0.25) is 0 Å². The van der Waals surface area contributed by atoms with Gasteiger partial charge in [-0.2, -0.15) is 0 Å². The van der Waals surface area contributed by atoms with Gasteiger partial charge in [-0.05, 0) is 37.6 Å². The average Bonchev–Trinajstić information content (AvgIpc) is 2.39. The fourth-order valence-corrected chi connectivity index (χ4v) is 2.00. The van der Waals surface area contributed by atoms with Crippen molar-refractivity contribution in [1.29, 1.82) is 0 Å². The van der Waals surface area contributed by atoms with Crippen LogP contribution in [-0.2, 0) is 6.54 Å². The lowest BCUT2D eigenvalue weighted by molar-refractivity contribution is 0.340. The Morgan fingerprint density at radius 2 is 1.89 bits per heavy atom. The highest BCUT2D eigenvalue weighted by Gasteiger charge is 1.96. The second-order valence-corrected chi connectivity index (χ2v) is 4.67. The third-order valence-corrected chi connectivity index (χ3v) is 3.00. The van der Waals surface area contributed by atoms with Gasteiger partial charge in [0.2, 0.25) is 0 Å². The van der Waals surface area contributed by atoms with E-state index in [1.807, 2.05) is 13.0 Å². The second kappa shape index (κ2) is 9.95. The van der Waals surface area contributed by atoms with E-state index in [1.54, 1.807) is 0 Å². The van der Waals surface area contributed by atoms with E-state index in [-0.39, 0.29) is 0 Å². The molecule has 18 heavy (non-hydrogen) atoms. The molecule has 0 unspecified atom stereocenters. The molecule has 0 saturated carbocycles. The Balaban J connectivity index is 2.13. The van der Waals surface area contributed by atoms with Crippen molar-refractivity contribution < 1.29 is 4.74 Å². The maximum absolute atomic E-state index is 5.49. The monoisotopic (exact) mass is 249 g/mol. The zero-order chi connectivity index (χ0) is 13.1. The van der Waals surface area contributed by atoms with Gasteiger partial charge < -0.3 is 10.1 Å². The first-order valence-electron chi connectivity index (χ1n) is 7.29. The molecule has 1 aromatic rings. The largest absolute Gasteiger partial charge is 0.494 e. The van der Waals surface area contributed by atoms with Gasteiger partial charge in [0, 0.05) is 6.54 Å². The van der Waals surface area contributed by atoms with E-state index in [1.165, 1.54) is 37.7 Å². The van der Waals surface area contributed by atoms with Crippen LogP contribution in [0.5, 0.6) is 5.75 Å². The smallest absolute Gasteiger partial charge is 0.119 e. The number of hydrogen-bond donors (Lipinski definition) is 1. The van der Waals surface area contributed by atoms with Gasteiger partial charge in [-0.1, -0.05) is 44.7 Å². The molecule has 0 saturated heterocycles. The first-order valence-corrected chi connectivity index (χ1v) is 7.29. The highest BCUT2D eigenvalue weighted by molar-refractivity contribution is 5.28. The van der Waals surface area contributed by atoms with Crippen LogP contribution in [0.3, 0.4) is 0 Å². The van der Waals surface area contributed by atoms with Crippen molar-refractivity contribution in [1.82, 2.24) is 5.32 Å². The molecule has 0 bridgehead atoms. The van der Waals surface area contributed by atoms with Crippen molar-refractivity contribution in [2.75, 3.05) is 13.2 Å². The van der Waals surface area contributed by atoms with Crippen LogP contribution < -0.4 is 10.1 Å². The van der Waals surface area contributed by atoms with Crippen LogP contribution in [0.25, 0.3) is 0 Å². The predicted octanol–water partition coefficient (Wildman–Crippen LogP) is 4.15. The fraction of sp³-hybridized carbons (Fsp3) is 0.625. The van der Waals surface area contributed by atoms with E-state index >= 15 is 0 Å². The SMILES string of the molecule is CCCCCCCNCc1cccc(OCC)c1. The van der Waals surface area contributed by atoms with Crippen LogP contribution in [0.1, 0.15) is 51.5 Å². The minimum Gasteiger partial charge on any atom is -0.494 e. The average molecular weight is 249 g/mol. The number of hydrogen-bond acceptors (Lipinski definition) is 2. The Morgan fingerprint density at radius 3 is 2.67 bits per heavy atom. The van der Waals surface area contributed by atoms with Gasteiger partial charge in [0.05, 0.1) is 6.61 Å². The van der Waals surface area contributed by atoms with Crippen LogP contribution in [0.4, 0.5) is 0 Å². The van der Waals surface area contributed by atoms with Crippen molar-refractivity contribution >= 4 is 0 Å². The van der Waals surface area contributed by atoms with Crippen LogP contribution in [0.15, 0.2) is 24.3 Å². The summed E-state index contributed by atoms with van der Waals surface area (Å²) in [6, 6.07) is 8.33. The molecule has 0 aliphatic rings. The maximum Gasteiger partial charge on any atom is 0.119 e. The zero-order valence-electron chi connectivity index (χ0n) is 11.9. The van der Waals surface area contributed by atoms with Gasteiger partial charge in [-0.25, -0.2) is 0 Å². The Bertz CT molecular complexity index is 312. The number of nitrogens with one attached hydrogen (secondary N) is 1. The van der Waals surface area contributed by atoms with Crippen LogP contribution >= 0.6 is 0 Å². The molecule has 0 fully saturated rings. The van der Waals surface area contributed by atoms with Crippen molar-refractivity contribution in [2.45, 2.75) is 52.5 Å². The van der Waals surface area contributed by atoms with E-state index in [0.717, 1.165) is 25.4 Å². The molecule has 1 N–H and O–H groups in total. The lowest BCUT2D eigenvalue weighted by Gasteiger charge is -2.07. The first-order chi connectivity index (χ1) is 8.86. The molecule has 0 radical (unpaired) electrons. The van der Waals surface area contributed by atoms with Crippen molar-refractivity contribution in [3.8, 4) is 5.75 Å². The Labute approximate surface area is 112 Å². The van der Waals surface area contributed by atoms with Crippen molar-refractivity contribution in [3.63, 3.8) is 0 Å². The summed E-state index contributed by atoms with van der Waals surface area (Å²) in [5, 5.41) is 3.49. The highest BCUT2D eigenvalue weighted by Crippen LogP contribution is 2.13. The summed E-state index contributed by atoms with van der Waals surface area (Å²) in [6.07, 6.45) is 6.69. The number of benzene rings is 1. The molecule has 2 heteroatoms. The van der Waals surface area contributed by atoms with Gasteiger partial charge in [-0.15, -0.1) is 0 Å². The molecule has 0 spiro atoms. The number of rotatable bonds is 10. The second-order valence-electron chi connectivity index (χ2n) is 4.67. The van der Waals surface area contributed by atoms with E-state index < -0.39 is 0 Å². The Kier molecular flexibility index (Phi) is 8.32. The summed E-state index contributed by atoms with van der Waals surface area (Å²) in [4.78, 5) is 0. The summed E-state index contributed by atoms with van der Waals surface area (Å²) in [5.41, 5.74) is 1.30. The number of unbranched alkanes of at least 4 members (excludes halogenated alkanes) is 4. The van der Waals surface area contributed by atoms with E-state index in [4.69, 9.17) is 4.74 Å². The molecule has 1 rings (SSSR count). The lowest BCUT2D eigenvalue weighted by Crippen LogP contribution is -2.14. The van der Waals surface area contributed by atoms with Gasteiger partial charge >= 0.3 is 0 Å². The molecule has 0 aromatic heterocycles. The zero-order valence-corrected chi connectivity index (χ0v) is 11.9. The van der Waals surface area contributed by atoms with Gasteiger partial charge in [0.1, 0.15) is 5.75 Å². The van der Waals surface area contributed by atoms with E-state index in [0.29, 0.717) is 0 Å². The Hall–Kier alpha value is -1.02. The summed E-state index contributed by atoms with van der Waals surface area (Å²) >= 11 is 0. The third kappa shape index (κ3) is 6.65. The highest BCUT2D eigenvalue weighted by atomic mass is 16.5. The first kappa shape index (κ1) is 15.0. The summed E-state index contributed by atoms with van der Waals surface area (Å²) in [5.74, 6) is 0.972. The quantitative estimate of drug-likeness (QED) is 0.629. The van der Waals surface area contributed by atoms with E-state index in [2.05, 4.69) is 30.4 Å². The molecule has 0 aliphatic heterocycles. The summed E-state index contributed by atoms with van der Waals surface area (Å²) < 4.78 is 5.49. The summed E-state index contributed by atoms with van der Waals surface area (Å²) in [7, 11) is 0. The molecular formula is C16H27NO. The van der Waals surface area contributed by atoms with Crippen LogP contribution in [0, 0.1) is 0 Å². The molecular weight excluding hydrogens is 222 g/mol. The third-order valence-electron chi connectivity index (χ3n) is 3.00. The summed E-state index contributed by atoms with van der Waals surface area (Å²) in [6.45, 7) is 7.05. The molecule has 0 amide bonds. The topological polar surface area (TPSA) is 21.3 Å². The molecule has 0 atom stereocenters. The van der Waals surface area contributed by atoms with Crippen LogP contribution in [-0.4, -0.2) is 13.2 Å². The lowest BCUT2D eigenvalue weighted by atomic mass is 10.1. The fourth-order valence-electron chi connectivity index (χ4n) is 2.00. The van der Waals surface area contributed by atoms with Gasteiger partial charge in [0.25, 0.3) is 0 Å². The predicted molar refractivity (Wildman–Crippen MR) is 78.1 cm³/mol. The molecule has 102 valence electrons. The minimum absolute atomic E-state index is 0.730. The molecule has 2 nitrogen and oxygen atoms in total. The van der Waals surface area contributed by atoms with Crippen LogP contribution in [0.2, 0.25) is 0 Å².